The second-order valence-corrected chi connectivity index (χ2v) is 6.07. The quantitative estimate of drug-likeness (QED) is 0.622. The number of aromatic nitrogens is 1. The van der Waals surface area contributed by atoms with Crippen LogP contribution in [0.5, 0.6) is 0 Å². The van der Waals surface area contributed by atoms with Crippen molar-refractivity contribution in [3.05, 3.63) is 27.4 Å². The summed E-state index contributed by atoms with van der Waals surface area (Å²) < 4.78 is 5.38. The lowest BCUT2D eigenvalue weighted by Gasteiger charge is -2.33. The predicted octanol–water partition coefficient (Wildman–Crippen LogP) is 1.94. The summed E-state index contributed by atoms with van der Waals surface area (Å²) in [5.74, 6) is 0.656. The van der Waals surface area contributed by atoms with Crippen molar-refractivity contribution in [2.75, 3.05) is 44.3 Å². The highest BCUT2D eigenvalue weighted by atomic mass is 35.5. The molecule has 7 nitrogen and oxygen atoms in total. The van der Waals surface area contributed by atoms with Gasteiger partial charge in [0.15, 0.2) is 0 Å². The van der Waals surface area contributed by atoms with Crippen molar-refractivity contribution in [1.82, 2.24) is 9.88 Å². The maximum absolute atomic E-state index is 10.8. The van der Waals surface area contributed by atoms with Gasteiger partial charge in [0.25, 0.3) is 5.69 Å². The predicted molar refractivity (Wildman–Crippen MR) is 83.5 cm³/mol. The Bertz CT molecular complexity index is 551. The third-order valence-electron chi connectivity index (χ3n) is 4.24. The first-order valence-electron chi connectivity index (χ1n) is 7.52. The van der Waals surface area contributed by atoms with Crippen molar-refractivity contribution < 1.29 is 9.66 Å². The minimum absolute atomic E-state index is 0.0716. The van der Waals surface area contributed by atoms with Crippen LogP contribution in [0.2, 0.25) is 5.02 Å². The molecule has 1 atom stereocenters. The van der Waals surface area contributed by atoms with Crippen molar-refractivity contribution >= 4 is 23.1 Å². The zero-order valence-electron chi connectivity index (χ0n) is 12.3. The molecule has 1 aromatic heterocycles. The molecule has 2 fully saturated rings. The van der Waals surface area contributed by atoms with Crippen LogP contribution in [0.15, 0.2) is 12.3 Å². The Morgan fingerprint density at radius 1 is 1.41 bits per heavy atom. The Labute approximate surface area is 134 Å². The summed E-state index contributed by atoms with van der Waals surface area (Å²) in [6.07, 6.45) is 3.46. The van der Waals surface area contributed by atoms with Crippen molar-refractivity contribution in [1.29, 1.82) is 0 Å². The molecule has 2 aliphatic heterocycles. The minimum atomic E-state index is -0.474. The molecule has 22 heavy (non-hydrogen) atoms. The van der Waals surface area contributed by atoms with E-state index in [1.807, 2.05) is 0 Å². The van der Waals surface area contributed by atoms with Gasteiger partial charge in [0.2, 0.25) is 0 Å². The van der Waals surface area contributed by atoms with Crippen LogP contribution in [0.4, 0.5) is 11.5 Å². The average Bonchev–Trinajstić information content (AvgIpc) is 2.96. The van der Waals surface area contributed by atoms with Gasteiger partial charge in [0.05, 0.1) is 23.2 Å². The molecular formula is C14H19ClN4O3. The second-order valence-electron chi connectivity index (χ2n) is 5.66. The summed E-state index contributed by atoms with van der Waals surface area (Å²) in [4.78, 5) is 19.1. The number of pyridine rings is 1. The maximum atomic E-state index is 10.8. The second kappa shape index (κ2) is 6.76. The van der Waals surface area contributed by atoms with E-state index < -0.39 is 4.92 Å². The van der Waals surface area contributed by atoms with Crippen LogP contribution in [0.25, 0.3) is 0 Å². The molecule has 0 aliphatic carbocycles. The average molecular weight is 327 g/mol. The Balaban J connectivity index is 1.73. The van der Waals surface area contributed by atoms with Crippen LogP contribution >= 0.6 is 11.6 Å². The Kier molecular flexibility index (Phi) is 4.75. The fourth-order valence-corrected chi connectivity index (χ4v) is 3.39. The number of nitrogens with zero attached hydrogens (tertiary/aromatic N) is 4. The SMILES string of the molecule is O=[N+]([O-])c1cnc(N2CCC[C@@H]2CN2CCOCC2)c(Cl)c1. The minimum Gasteiger partial charge on any atom is -0.379 e. The van der Waals surface area contributed by atoms with E-state index in [2.05, 4.69) is 14.8 Å². The summed E-state index contributed by atoms with van der Waals surface area (Å²) in [7, 11) is 0. The molecule has 0 bridgehead atoms. The van der Waals surface area contributed by atoms with E-state index in [-0.39, 0.29) is 5.69 Å². The Hall–Kier alpha value is -1.44. The van der Waals surface area contributed by atoms with Crippen molar-refractivity contribution in [3.8, 4) is 0 Å². The molecule has 0 radical (unpaired) electrons. The summed E-state index contributed by atoms with van der Waals surface area (Å²) in [6, 6.07) is 1.73. The molecule has 3 heterocycles. The molecule has 0 N–H and O–H groups in total. The fourth-order valence-electron chi connectivity index (χ4n) is 3.12. The monoisotopic (exact) mass is 326 g/mol. The number of halogens is 1. The van der Waals surface area contributed by atoms with E-state index in [1.165, 1.54) is 12.3 Å². The van der Waals surface area contributed by atoms with Gasteiger partial charge in [-0.05, 0) is 12.8 Å². The Morgan fingerprint density at radius 2 is 2.18 bits per heavy atom. The molecule has 0 amide bonds. The summed E-state index contributed by atoms with van der Waals surface area (Å²) in [5.41, 5.74) is -0.0716. The van der Waals surface area contributed by atoms with Gasteiger partial charge in [-0.3, -0.25) is 15.0 Å². The summed E-state index contributed by atoms with van der Waals surface area (Å²) >= 11 is 6.22. The van der Waals surface area contributed by atoms with Crippen molar-refractivity contribution in [3.63, 3.8) is 0 Å². The topological polar surface area (TPSA) is 71.7 Å². The number of rotatable bonds is 4. The van der Waals surface area contributed by atoms with E-state index in [0.29, 0.717) is 16.9 Å². The largest absolute Gasteiger partial charge is 0.379 e. The summed E-state index contributed by atoms with van der Waals surface area (Å²) in [5, 5.41) is 11.1. The van der Waals surface area contributed by atoms with Gasteiger partial charge in [0.1, 0.15) is 12.0 Å². The zero-order valence-corrected chi connectivity index (χ0v) is 13.0. The van der Waals surface area contributed by atoms with Crippen LogP contribution in [0.3, 0.4) is 0 Å². The van der Waals surface area contributed by atoms with Crippen LogP contribution in [0.1, 0.15) is 12.8 Å². The molecule has 0 unspecified atom stereocenters. The van der Waals surface area contributed by atoms with Crippen molar-refractivity contribution in [2.45, 2.75) is 18.9 Å². The number of ether oxygens (including phenoxy) is 1. The van der Waals surface area contributed by atoms with E-state index in [1.54, 1.807) is 0 Å². The number of nitro groups is 1. The molecule has 3 rings (SSSR count). The van der Waals surface area contributed by atoms with E-state index in [9.17, 15) is 10.1 Å². The number of anilines is 1. The number of morpholine rings is 1. The van der Waals surface area contributed by atoms with Gasteiger partial charge in [-0.15, -0.1) is 0 Å². The molecule has 2 saturated heterocycles. The van der Waals surface area contributed by atoms with Crippen LogP contribution in [-0.2, 0) is 4.74 Å². The molecule has 0 aromatic carbocycles. The molecule has 1 aromatic rings. The third-order valence-corrected chi connectivity index (χ3v) is 4.52. The Morgan fingerprint density at radius 3 is 2.86 bits per heavy atom. The first-order chi connectivity index (χ1) is 10.6. The van der Waals surface area contributed by atoms with Crippen LogP contribution in [-0.4, -0.2) is 60.2 Å². The fraction of sp³-hybridized carbons (Fsp3) is 0.643. The first-order valence-corrected chi connectivity index (χ1v) is 7.89. The van der Waals surface area contributed by atoms with Gasteiger partial charge >= 0.3 is 0 Å². The van der Waals surface area contributed by atoms with Gasteiger partial charge in [-0.1, -0.05) is 11.6 Å². The molecule has 120 valence electrons. The van der Waals surface area contributed by atoms with E-state index in [4.69, 9.17) is 16.3 Å². The van der Waals surface area contributed by atoms with Gasteiger partial charge in [0, 0.05) is 38.3 Å². The lowest BCUT2D eigenvalue weighted by atomic mass is 10.2. The van der Waals surface area contributed by atoms with Crippen molar-refractivity contribution in [2.24, 2.45) is 0 Å². The smallest absolute Gasteiger partial charge is 0.289 e. The van der Waals surface area contributed by atoms with Gasteiger partial charge in [-0.25, -0.2) is 4.98 Å². The first kappa shape index (κ1) is 15.5. The normalized spacial score (nSPS) is 23.0. The van der Waals surface area contributed by atoms with E-state index in [0.717, 1.165) is 52.2 Å². The lowest BCUT2D eigenvalue weighted by Crippen LogP contribution is -2.45. The summed E-state index contributed by atoms with van der Waals surface area (Å²) in [6.45, 7) is 5.31. The maximum Gasteiger partial charge on any atom is 0.289 e. The lowest BCUT2D eigenvalue weighted by molar-refractivity contribution is -0.385. The molecule has 2 aliphatic rings. The number of hydrogen-bond donors (Lipinski definition) is 0. The molecule has 0 spiro atoms. The van der Waals surface area contributed by atoms with Gasteiger partial charge < -0.3 is 9.64 Å². The highest BCUT2D eigenvalue weighted by Gasteiger charge is 2.30. The van der Waals surface area contributed by atoms with Crippen LogP contribution in [0, 0.1) is 10.1 Å². The highest BCUT2D eigenvalue weighted by Crippen LogP contribution is 2.32. The number of hydrogen-bond acceptors (Lipinski definition) is 6. The molecular weight excluding hydrogens is 308 g/mol. The standard InChI is InChI=1S/C14H19ClN4O3/c15-13-8-12(19(20)21)9-16-14(13)18-3-1-2-11(18)10-17-4-6-22-7-5-17/h8-9,11H,1-7,10H2/t11-/m1/s1. The zero-order chi connectivity index (χ0) is 15.5. The molecule has 0 saturated carbocycles. The molecule has 8 heteroatoms. The highest BCUT2D eigenvalue weighted by molar-refractivity contribution is 6.33. The van der Waals surface area contributed by atoms with Crippen LogP contribution < -0.4 is 4.90 Å². The van der Waals surface area contributed by atoms with Gasteiger partial charge in [-0.2, -0.15) is 0 Å². The van der Waals surface area contributed by atoms with E-state index >= 15 is 0 Å². The third kappa shape index (κ3) is 3.31.